The number of nitro benzene ring substituents is 1. The molecule has 176 valence electrons. The zero-order valence-electron chi connectivity index (χ0n) is 19.1. The smallest absolute Gasteiger partial charge is 0.271 e. The lowest BCUT2D eigenvalue weighted by Gasteiger charge is -2.22. The predicted octanol–water partition coefficient (Wildman–Crippen LogP) is 4.90. The van der Waals surface area contributed by atoms with E-state index in [1.54, 1.807) is 12.3 Å². The van der Waals surface area contributed by atoms with E-state index in [2.05, 4.69) is 34.6 Å². The molecule has 34 heavy (non-hydrogen) atoms. The maximum atomic E-state index is 12.4. The Morgan fingerprint density at radius 3 is 2.47 bits per heavy atom. The molecule has 0 radical (unpaired) electrons. The van der Waals surface area contributed by atoms with Gasteiger partial charge in [0.05, 0.1) is 16.8 Å². The van der Waals surface area contributed by atoms with E-state index >= 15 is 0 Å². The number of hydrazone groups is 1. The van der Waals surface area contributed by atoms with Gasteiger partial charge in [0.25, 0.3) is 11.6 Å². The van der Waals surface area contributed by atoms with Gasteiger partial charge in [0.1, 0.15) is 5.75 Å². The molecule has 0 atom stereocenters. The predicted molar refractivity (Wildman–Crippen MR) is 135 cm³/mol. The monoisotopic (exact) mass is 461 g/mol. The number of hydrogen-bond acceptors (Lipinski definition) is 7. The van der Waals surface area contributed by atoms with Crippen LogP contribution in [0.4, 0.5) is 22.7 Å². The maximum absolute atomic E-state index is 12.4. The van der Waals surface area contributed by atoms with Crippen molar-refractivity contribution in [2.45, 2.75) is 13.8 Å². The molecule has 0 unspecified atom stereocenters. The molecule has 3 rings (SSSR count). The molecule has 0 spiro atoms. The Kier molecular flexibility index (Phi) is 8.56. The van der Waals surface area contributed by atoms with Gasteiger partial charge < -0.3 is 15.0 Å². The lowest BCUT2D eigenvalue weighted by molar-refractivity contribution is -0.384. The Morgan fingerprint density at radius 1 is 1.03 bits per heavy atom. The third-order valence-corrected chi connectivity index (χ3v) is 5.00. The Hall–Kier alpha value is -4.40. The van der Waals surface area contributed by atoms with E-state index in [-0.39, 0.29) is 12.3 Å². The number of hydrogen-bond donors (Lipinski definition) is 2. The lowest BCUT2D eigenvalue weighted by atomic mass is 10.1. The first-order valence-corrected chi connectivity index (χ1v) is 10.9. The molecule has 0 aliphatic rings. The van der Waals surface area contributed by atoms with Crippen LogP contribution in [-0.2, 0) is 4.79 Å². The highest BCUT2D eigenvalue weighted by molar-refractivity contribution is 5.92. The largest absolute Gasteiger partial charge is 0.483 e. The van der Waals surface area contributed by atoms with Gasteiger partial charge in [0.2, 0.25) is 0 Å². The third-order valence-electron chi connectivity index (χ3n) is 5.00. The van der Waals surface area contributed by atoms with Crippen LogP contribution in [0.1, 0.15) is 19.4 Å². The highest BCUT2D eigenvalue weighted by Crippen LogP contribution is 2.25. The van der Waals surface area contributed by atoms with Crippen LogP contribution in [-0.4, -0.2) is 36.7 Å². The standard InChI is InChI=1S/C25H27N5O4/c1-3-29(4-2)22-14-13-19(17-26-28-20-9-6-5-7-10-20)24(16-22)34-18-25(31)27-21-11-8-12-23(15-21)30(32)33/h5-17,28H,3-4,18H2,1-2H3,(H,27,31)/b26-17-. The Labute approximate surface area is 198 Å². The summed E-state index contributed by atoms with van der Waals surface area (Å²) in [6.07, 6.45) is 1.63. The van der Waals surface area contributed by atoms with Crippen LogP contribution in [0.2, 0.25) is 0 Å². The number of nitro groups is 1. The second-order valence-corrected chi connectivity index (χ2v) is 7.27. The Morgan fingerprint density at radius 2 is 1.76 bits per heavy atom. The minimum atomic E-state index is -0.514. The lowest BCUT2D eigenvalue weighted by Crippen LogP contribution is -2.23. The van der Waals surface area contributed by atoms with Gasteiger partial charge in [-0.15, -0.1) is 0 Å². The SMILES string of the molecule is CCN(CC)c1ccc(/C=N\Nc2ccccc2)c(OCC(=O)Nc2cccc([N+](=O)[O-])c2)c1. The number of nitrogens with one attached hydrogen (secondary N) is 2. The normalized spacial score (nSPS) is 10.6. The summed E-state index contributed by atoms with van der Waals surface area (Å²) in [5.41, 5.74) is 5.69. The summed E-state index contributed by atoms with van der Waals surface area (Å²) in [6, 6.07) is 21.0. The molecule has 9 nitrogen and oxygen atoms in total. The van der Waals surface area contributed by atoms with E-state index in [4.69, 9.17) is 4.74 Å². The molecular formula is C25H27N5O4. The summed E-state index contributed by atoms with van der Waals surface area (Å²) in [6.45, 7) is 5.52. The second kappa shape index (κ2) is 12.0. The molecule has 0 saturated carbocycles. The summed E-state index contributed by atoms with van der Waals surface area (Å²) in [7, 11) is 0. The van der Waals surface area contributed by atoms with Gasteiger partial charge in [-0.1, -0.05) is 24.3 Å². The van der Waals surface area contributed by atoms with E-state index in [0.717, 1.165) is 24.5 Å². The van der Waals surface area contributed by atoms with Crippen LogP contribution in [0, 0.1) is 10.1 Å². The van der Waals surface area contributed by atoms with E-state index in [9.17, 15) is 14.9 Å². The molecule has 0 heterocycles. The molecule has 0 bridgehead atoms. The molecule has 3 aromatic carbocycles. The van der Waals surface area contributed by atoms with E-state index in [1.165, 1.54) is 18.2 Å². The average Bonchev–Trinajstić information content (AvgIpc) is 2.85. The summed E-state index contributed by atoms with van der Waals surface area (Å²) < 4.78 is 5.84. The molecule has 0 aromatic heterocycles. The Bertz CT molecular complexity index is 1150. The molecule has 0 aliphatic carbocycles. The molecule has 1 amide bonds. The number of para-hydroxylation sites is 1. The van der Waals surface area contributed by atoms with Crippen molar-refractivity contribution in [3.05, 3.63) is 88.5 Å². The summed E-state index contributed by atoms with van der Waals surface area (Å²) >= 11 is 0. The van der Waals surface area contributed by atoms with Crippen LogP contribution < -0.4 is 20.4 Å². The van der Waals surface area contributed by atoms with Crippen molar-refractivity contribution < 1.29 is 14.5 Å². The number of carbonyl (C=O) groups excluding carboxylic acids is 1. The van der Waals surface area contributed by atoms with Crippen LogP contribution in [0.3, 0.4) is 0 Å². The second-order valence-electron chi connectivity index (χ2n) is 7.27. The Balaban J connectivity index is 1.74. The number of rotatable bonds is 11. The first-order chi connectivity index (χ1) is 16.5. The van der Waals surface area contributed by atoms with E-state index in [1.807, 2.05) is 48.5 Å². The van der Waals surface area contributed by atoms with Crippen molar-refractivity contribution in [3.8, 4) is 5.75 Å². The van der Waals surface area contributed by atoms with E-state index in [0.29, 0.717) is 17.0 Å². The molecule has 0 fully saturated rings. The fraction of sp³-hybridized carbons (Fsp3) is 0.200. The van der Waals surface area contributed by atoms with Crippen molar-refractivity contribution in [1.29, 1.82) is 0 Å². The molecule has 0 aliphatic heterocycles. The minimum Gasteiger partial charge on any atom is -0.483 e. The molecular weight excluding hydrogens is 434 g/mol. The molecule has 3 aromatic rings. The number of nitrogens with zero attached hydrogens (tertiary/aromatic N) is 3. The molecule has 0 saturated heterocycles. The molecule has 9 heteroatoms. The number of anilines is 3. The highest BCUT2D eigenvalue weighted by atomic mass is 16.6. The van der Waals surface area contributed by atoms with Gasteiger partial charge in [-0.05, 0) is 44.2 Å². The van der Waals surface area contributed by atoms with Crippen molar-refractivity contribution >= 4 is 34.9 Å². The van der Waals surface area contributed by atoms with Crippen LogP contribution >= 0.6 is 0 Å². The van der Waals surface area contributed by atoms with Gasteiger partial charge in [-0.2, -0.15) is 5.10 Å². The van der Waals surface area contributed by atoms with Crippen molar-refractivity contribution in [3.63, 3.8) is 0 Å². The van der Waals surface area contributed by atoms with Gasteiger partial charge in [0, 0.05) is 48.2 Å². The fourth-order valence-electron chi connectivity index (χ4n) is 3.27. The summed E-state index contributed by atoms with van der Waals surface area (Å²) in [4.78, 5) is 25.0. The van der Waals surface area contributed by atoms with Gasteiger partial charge >= 0.3 is 0 Å². The number of benzene rings is 3. The van der Waals surface area contributed by atoms with Crippen molar-refractivity contribution in [2.75, 3.05) is 35.3 Å². The van der Waals surface area contributed by atoms with Gasteiger partial charge in [0.15, 0.2) is 6.61 Å². The minimum absolute atomic E-state index is 0.102. The number of ether oxygens (including phenoxy) is 1. The topological polar surface area (TPSA) is 109 Å². The van der Waals surface area contributed by atoms with Crippen molar-refractivity contribution in [2.24, 2.45) is 5.10 Å². The number of non-ortho nitro benzene ring substituents is 1. The van der Waals surface area contributed by atoms with Crippen molar-refractivity contribution in [1.82, 2.24) is 0 Å². The van der Waals surface area contributed by atoms with Gasteiger partial charge in [-0.3, -0.25) is 20.3 Å². The maximum Gasteiger partial charge on any atom is 0.271 e. The number of amides is 1. The zero-order valence-corrected chi connectivity index (χ0v) is 19.1. The average molecular weight is 462 g/mol. The third kappa shape index (κ3) is 6.80. The summed E-state index contributed by atoms with van der Waals surface area (Å²) in [5, 5.41) is 17.8. The first-order valence-electron chi connectivity index (χ1n) is 10.9. The quantitative estimate of drug-likeness (QED) is 0.239. The van der Waals surface area contributed by atoms with Crippen LogP contribution in [0.5, 0.6) is 5.75 Å². The van der Waals surface area contributed by atoms with Crippen LogP contribution in [0.25, 0.3) is 0 Å². The first kappa shape index (κ1) is 24.2. The van der Waals surface area contributed by atoms with Gasteiger partial charge in [-0.25, -0.2) is 0 Å². The highest BCUT2D eigenvalue weighted by Gasteiger charge is 2.12. The van der Waals surface area contributed by atoms with E-state index < -0.39 is 10.8 Å². The molecule has 2 N–H and O–H groups in total. The summed E-state index contributed by atoms with van der Waals surface area (Å²) in [5.74, 6) is 0.0660. The fourth-order valence-corrected chi connectivity index (χ4v) is 3.27. The number of carbonyl (C=O) groups is 1. The zero-order chi connectivity index (χ0) is 24.3. The van der Waals surface area contributed by atoms with Crippen LogP contribution in [0.15, 0.2) is 77.9 Å².